The second-order valence-electron chi connectivity index (χ2n) is 4.12. The van der Waals surface area contributed by atoms with Gasteiger partial charge in [-0.15, -0.1) is 0 Å². The van der Waals surface area contributed by atoms with Gasteiger partial charge in [-0.25, -0.2) is 9.37 Å². The van der Waals surface area contributed by atoms with E-state index in [4.69, 9.17) is 10.2 Å². The predicted molar refractivity (Wildman–Crippen MR) is 66.4 cm³/mol. The van der Waals surface area contributed by atoms with E-state index in [0.29, 0.717) is 29.3 Å². The number of oxazole rings is 1. The molecule has 5 heteroatoms. The number of nitrogens with two attached hydrogens (primary N) is 1. The molecule has 0 fully saturated rings. The van der Waals surface area contributed by atoms with Crippen LogP contribution in [0.5, 0.6) is 0 Å². The van der Waals surface area contributed by atoms with Gasteiger partial charge in [-0.2, -0.15) is 0 Å². The van der Waals surface area contributed by atoms with Crippen LogP contribution in [0.2, 0.25) is 0 Å². The average molecular weight is 245 g/mol. The van der Waals surface area contributed by atoms with Gasteiger partial charge < -0.3 is 15.1 Å². The first-order valence-electron chi connectivity index (χ1n) is 5.63. The van der Waals surface area contributed by atoms with E-state index >= 15 is 0 Å². The zero-order valence-electron chi connectivity index (χ0n) is 9.83. The number of benzene rings is 1. The molecule has 3 N–H and O–H groups in total. The van der Waals surface area contributed by atoms with Crippen molar-refractivity contribution < 1.29 is 8.81 Å². The van der Waals surface area contributed by atoms with E-state index in [1.165, 1.54) is 6.07 Å². The first kappa shape index (κ1) is 11.0. The third-order valence-electron chi connectivity index (χ3n) is 2.92. The first-order chi connectivity index (χ1) is 8.69. The summed E-state index contributed by atoms with van der Waals surface area (Å²) in [5.41, 5.74) is 7.66. The highest BCUT2D eigenvalue weighted by molar-refractivity contribution is 5.85. The fourth-order valence-corrected chi connectivity index (χ4v) is 1.97. The molecule has 0 saturated carbocycles. The Balaban J connectivity index is 2.16. The minimum absolute atomic E-state index is 0.266. The Labute approximate surface area is 103 Å². The lowest BCUT2D eigenvalue weighted by Crippen LogP contribution is -1.95. The number of nitrogens with zero attached hydrogens (tertiary/aromatic N) is 1. The van der Waals surface area contributed by atoms with Crippen LogP contribution in [0.1, 0.15) is 11.5 Å². The lowest BCUT2D eigenvalue weighted by atomic mass is 10.2. The molecule has 0 saturated heterocycles. The Morgan fingerprint density at radius 2 is 2.28 bits per heavy atom. The Morgan fingerprint density at radius 1 is 1.44 bits per heavy atom. The number of aromatic amines is 1. The lowest BCUT2D eigenvalue weighted by molar-refractivity contribution is 0.517. The third kappa shape index (κ3) is 1.60. The van der Waals surface area contributed by atoms with Crippen LogP contribution < -0.4 is 5.73 Å². The highest BCUT2D eigenvalue weighted by Gasteiger charge is 2.13. The molecule has 1 aromatic carbocycles. The Hall–Kier alpha value is -2.14. The number of rotatable bonds is 2. The van der Waals surface area contributed by atoms with E-state index in [9.17, 15) is 4.39 Å². The van der Waals surface area contributed by atoms with Crippen molar-refractivity contribution in [3.05, 3.63) is 41.5 Å². The number of aromatic nitrogens is 2. The van der Waals surface area contributed by atoms with Crippen molar-refractivity contribution in [3.8, 4) is 11.6 Å². The van der Waals surface area contributed by atoms with Crippen molar-refractivity contribution in [1.29, 1.82) is 0 Å². The summed E-state index contributed by atoms with van der Waals surface area (Å²) in [5.74, 6) is 0.810. The molecular weight excluding hydrogens is 233 g/mol. The van der Waals surface area contributed by atoms with Crippen LogP contribution in [0.3, 0.4) is 0 Å². The van der Waals surface area contributed by atoms with Crippen molar-refractivity contribution in [1.82, 2.24) is 9.97 Å². The number of halogens is 1. The first-order valence-corrected chi connectivity index (χ1v) is 5.63. The third-order valence-corrected chi connectivity index (χ3v) is 2.92. The topological polar surface area (TPSA) is 67.8 Å². The van der Waals surface area contributed by atoms with Gasteiger partial charge in [-0.3, -0.25) is 0 Å². The minimum Gasteiger partial charge on any atom is -0.438 e. The number of nitrogens with one attached hydrogen (secondary N) is 1. The summed E-state index contributed by atoms with van der Waals surface area (Å²) < 4.78 is 19.1. The molecule has 0 spiro atoms. The quantitative estimate of drug-likeness (QED) is 0.729. The maximum absolute atomic E-state index is 13.6. The van der Waals surface area contributed by atoms with E-state index in [1.54, 1.807) is 12.1 Å². The van der Waals surface area contributed by atoms with Gasteiger partial charge in [0.15, 0.2) is 0 Å². The Kier molecular flexibility index (Phi) is 2.41. The van der Waals surface area contributed by atoms with E-state index < -0.39 is 0 Å². The maximum Gasteiger partial charge on any atom is 0.243 e. The van der Waals surface area contributed by atoms with Crippen LogP contribution in [0, 0.1) is 12.7 Å². The second kappa shape index (κ2) is 3.96. The smallest absolute Gasteiger partial charge is 0.243 e. The molecule has 0 unspecified atom stereocenters. The zero-order chi connectivity index (χ0) is 12.7. The van der Waals surface area contributed by atoms with Gasteiger partial charge in [0.2, 0.25) is 5.89 Å². The van der Waals surface area contributed by atoms with Crippen LogP contribution in [0.4, 0.5) is 4.39 Å². The van der Waals surface area contributed by atoms with E-state index in [1.807, 2.05) is 13.0 Å². The molecule has 0 aliphatic rings. The van der Waals surface area contributed by atoms with Gasteiger partial charge in [0, 0.05) is 10.9 Å². The number of fused-ring (bicyclic) bond motifs is 1. The van der Waals surface area contributed by atoms with Crippen molar-refractivity contribution in [2.75, 3.05) is 0 Å². The summed E-state index contributed by atoms with van der Waals surface area (Å²) in [4.78, 5) is 7.36. The van der Waals surface area contributed by atoms with Crippen molar-refractivity contribution in [3.63, 3.8) is 0 Å². The van der Waals surface area contributed by atoms with Crippen LogP contribution in [0.15, 0.2) is 28.7 Å². The van der Waals surface area contributed by atoms with E-state index in [2.05, 4.69) is 9.97 Å². The summed E-state index contributed by atoms with van der Waals surface area (Å²) >= 11 is 0. The van der Waals surface area contributed by atoms with Crippen LogP contribution in [0.25, 0.3) is 22.5 Å². The van der Waals surface area contributed by atoms with Crippen molar-refractivity contribution in [2.45, 2.75) is 13.5 Å². The van der Waals surface area contributed by atoms with Gasteiger partial charge >= 0.3 is 0 Å². The average Bonchev–Trinajstić information content (AvgIpc) is 2.93. The van der Waals surface area contributed by atoms with Gasteiger partial charge in [0.05, 0.1) is 12.2 Å². The Bertz CT molecular complexity index is 714. The highest BCUT2D eigenvalue weighted by Crippen LogP contribution is 2.26. The van der Waals surface area contributed by atoms with Gasteiger partial charge in [-0.05, 0) is 25.1 Å². The van der Waals surface area contributed by atoms with Crippen LogP contribution in [-0.2, 0) is 6.54 Å². The SMILES string of the molecule is Cc1nc(-c2cc3c(F)cccc3[nH]2)oc1CN. The van der Waals surface area contributed by atoms with E-state index in [-0.39, 0.29) is 5.82 Å². The molecule has 2 heterocycles. The summed E-state index contributed by atoms with van der Waals surface area (Å²) in [6.07, 6.45) is 0. The summed E-state index contributed by atoms with van der Waals surface area (Å²) in [6.45, 7) is 2.13. The molecule has 0 amide bonds. The van der Waals surface area contributed by atoms with Crippen molar-refractivity contribution in [2.24, 2.45) is 5.73 Å². The lowest BCUT2D eigenvalue weighted by Gasteiger charge is -1.89. The van der Waals surface area contributed by atoms with Crippen LogP contribution >= 0.6 is 0 Å². The molecule has 0 bridgehead atoms. The molecule has 4 nitrogen and oxygen atoms in total. The monoisotopic (exact) mass is 245 g/mol. The molecule has 0 radical (unpaired) electrons. The molecule has 3 aromatic rings. The predicted octanol–water partition coefficient (Wildman–Crippen LogP) is 2.73. The molecule has 92 valence electrons. The fraction of sp³-hybridized carbons (Fsp3) is 0.154. The zero-order valence-corrected chi connectivity index (χ0v) is 9.83. The number of hydrogen-bond acceptors (Lipinski definition) is 3. The Morgan fingerprint density at radius 3 is 2.94 bits per heavy atom. The molecule has 18 heavy (non-hydrogen) atoms. The minimum atomic E-state index is -0.266. The van der Waals surface area contributed by atoms with Gasteiger partial charge in [-0.1, -0.05) is 6.07 Å². The normalized spacial score (nSPS) is 11.3. The largest absolute Gasteiger partial charge is 0.438 e. The van der Waals surface area contributed by atoms with Crippen LogP contribution in [-0.4, -0.2) is 9.97 Å². The molecule has 3 rings (SSSR count). The molecule has 0 atom stereocenters. The molecule has 0 aliphatic heterocycles. The second-order valence-corrected chi connectivity index (χ2v) is 4.12. The number of H-pyrrole nitrogens is 1. The maximum atomic E-state index is 13.6. The van der Waals surface area contributed by atoms with Crippen molar-refractivity contribution >= 4 is 10.9 Å². The molecule has 2 aromatic heterocycles. The molecular formula is C13H12FN3O. The highest BCUT2D eigenvalue weighted by atomic mass is 19.1. The summed E-state index contributed by atoms with van der Waals surface area (Å²) in [6, 6.07) is 6.58. The van der Waals surface area contributed by atoms with Gasteiger partial charge in [0.1, 0.15) is 17.3 Å². The summed E-state index contributed by atoms with van der Waals surface area (Å²) in [5, 5.41) is 0.526. The summed E-state index contributed by atoms with van der Waals surface area (Å²) in [7, 11) is 0. The van der Waals surface area contributed by atoms with Gasteiger partial charge in [0.25, 0.3) is 0 Å². The molecule has 0 aliphatic carbocycles. The number of aryl methyl sites for hydroxylation is 1. The number of hydrogen-bond donors (Lipinski definition) is 2. The fourth-order valence-electron chi connectivity index (χ4n) is 1.97. The van der Waals surface area contributed by atoms with E-state index in [0.717, 1.165) is 11.2 Å². The standard InChI is InChI=1S/C13H12FN3O/c1-7-12(6-15)18-13(16-7)11-5-8-9(14)3-2-4-10(8)17-11/h2-5,17H,6,15H2,1H3.